The van der Waals surface area contributed by atoms with Crippen LogP contribution in [0.25, 0.3) is 0 Å². The van der Waals surface area contributed by atoms with Gasteiger partial charge in [0.05, 0.1) is 12.1 Å². The van der Waals surface area contributed by atoms with E-state index in [0.29, 0.717) is 11.4 Å². The Hall–Kier alpha value is -2.98. The molecule has 0 saturated carbocycles. The number of amides is 3. The minimum Gasteiger partial charge on any atom is -0.355 e. The van der Waals surface area contributed by atoms with Crippen LogP contribution in [0.5, 0.6) is 0 Å². The van der Waals surface area contributed by atoms with Gasteiger partial charge < -0.3 is 15.5 Å². The normalized spacial score (nSPS) is 15.8. The smallest absolute Gasteiger partial charge is 0.256 e. The highest BCUT2D eigenvalue weighted by molar-refractivity contribution is 7.98. The van der Waals surface area contributed by atoms with E-state index in [0.717, 1.165) is 4.90 Å². The maximum Gasteiger partial charge on any atom is 0.256 e. The SMILES string of the molecule is CSc1cccc(N2C(=O)C(CC(=O)Nc3ccc(F)cc3)N(CCNC(C)=O)C2=S)c1. The van der Waals surface area contributed by atoms with Crippen molar-refractivity contribution < 1.29 is 18.8 Å². The zero-order valence-corrected chi connectivity index (χ0v) is 19.3. The topological polar surface area (TPSA) is 81.8 Å². The zero-order chi connectivity index (χ0) is 23.3. The Bertz CT molecular complexity index is 1030. The summed E-state index contributed by atoms with van der Waals surface area (Å²) in [5.41, 5.74) is 1.05. The molecule has 0 spiro atoms. The van der Waals surface area contributed by atoms with Gasteiger partial charge in [0, 0.05) is 30.6 Å². The van der Waals surface area contributed by atoms with Gasteiger partial charge in [-0.25, -0.2) is 4.39 Å². The number of nitrogens with zero attached hydrogens (tertiary/aromatic N) is 2. The second-order valence-corrected chi connectivity index (χ2v) is 8.35. The van der Waals surface area contributed by atoms with Crippen molar-refractivity contribution in [3.05, 3.63) is 54.3 Å². The van der Waals surface area contributed by atoms with Crippen LogP contribution in [0.2, 0.25) is 0 Å². The molecule has 3 rings (SSSR count). The summed E-state index contributed by atoms with van der Waals surface area (Å²) in [5, 5.41) is 5.65. The first-order chi connectivity index (χ1) is 15.3. The van der Waals surface area contributed by atoms with Crippen molar-refractivity contribution in [2.45, 2.75) is 24.3 Å². The third kappa shape index (κ3) is 5.63. The lowest BCUT2D eigenvalue weighted by Gasteiger charge is -2.24. The van der Waals surface area contributed by atoms with E-state index in [1.807, 2.05) is 24.5 Å². The van der Waals surface area contributed by atoms with Gasteiger partial charge in [-0.2, -0.15) is 0 Å². The summed E-state index contributed by atoms with van der Waals surface area (Å²) in [4.78, 5) is 41.3. The molecule has 1 atom stereocenters. The van der Waals surface area contributed by atoms with Gasteiger partial charge >= 0.3 is 0 Å². The van der Waals surface area contributed by atoms with Crippen LogP contribution in [0.3, 0.4) is 0 Å². The molecular formula is C22H23FN4O3S2. The van der Waals surface area contributed by atoms with Crippen LogP contribution in [0.1, 0.15) is 13.3 Å². The Morgan fingerprint density at radius 1 is 1.19 bits per heavy atom. The molecule has 1 unspecified atom stereocenters. The summed E-state index contributed by atoms with van der Waals surface area (Å²) >= 11 is 7.13. The first-order valence-electron chi connectivity index (χ1n) is 9.88. The average molecular weight is 475 g/mol. The van der Waals surface area contributed by atoms with Crippen LogP contribution in [0.15, 0.2) is 53.4 Å². The molecular weight excluding hydrogens is 451 g/mol. The van der Waals surface area contributed by atoms with E-state index in [9.17, 15) is 18.8 Å². The van der Waals surface area contributed by atoms with E-state index in [1.54, 1.807) is 22.7 Å². The van der Waals surface area contributed by atoms with E-state index < -0.39 is 17.8 Å². The van der Waals surface area contributed by atoms with E-state index in [2.05, 4.69) is 10.6 Å². The van der Waals surface area contributed by atoms with Crippen LogP contribution >= 0.6 is 24.0 Å². The highest BCUT2D eigenvalue weighted by atomic mass is 32.2. The predicted octanol–water partition coefficient (Wildman–Crippen LogP) is 3.01. The Balaban J connectivity index is 1.81. The lowest BCUT2D eigenvalue weighted by molar-refractivity contribution is -0.124. The molecule has 168 valence electrons. The largest absolute Gasteiger partial charge is 0.355 e. The molecule has 1 saturated heterocycles. The quantitative estimate of drug-likeness (QED) is 0.452. The zero-order valence-electron chi connectivity index (χ0n) is 17.6. The number of hydrogen-bond acceptors (Lipinski definition) is 5. The first kappa shape index (κ1) is 23.7. The molecule has 2 aromatic rings. The maximum absolute atomic E-state index is 13.3. The lowest BCUT2D eigenvalue weighted by Crippen LogP contribution is -2.42. The van der Waals surface area contributed by atoms with Crippen LogP contribution < -0.4 is 15.5 Å². The van der Waals surface area contributed by atoms with Crippen molar-refractivity contribution in [2.24, 2.45) is 0 Å². The summed E-state index contributed by atoms with van der Waals surface area (Å²) in [6.45, 7) is 1.95. The van der Waals surface area contributed by atoms with Gasteiger partial charge in [0.25, 0.3) is 5.91 Å². The van der Waals surface area contributed by atoms with Crippen molar-refractivity contribution in [3.8, 4) is 0 Å². The molecule has 2 N–H and O–H groups in total. The molecule has 1 fully saturated rings. The van der Waals surface area contributed by atoms with E-state index in [4.69, 9.17) is 12.2 Å². The van der Waals surface area contributed by atoms with E-state index in [-0.39, 0.29) is 36.4 Å². The van der Waals surface area contributed by atoms with Gasteiger partial charge in [0.15, 0.2) is 5.11 Å². The van der Waals surface area contributed by atoms with Gasteiger partial charge in [-0.1, -0.05) is 6.07 Å². The van der Waals surface area contributed by atoms with Crippen molar-refractivity contribution in [3.63, 3.8) is 0 Å². The molecule has 1 aliphatic heterocycles. The molecule has 0 radical (unpaired) electrons. The van der Waals surface area contributed by atoms with Crippen molar-refractivity contribution in [1.29, 1.82) is 0 Å². The molecule has 1 heterocycles. The Morgan fingerprint density at radius 3 is 2.56 bits per heavy atom. The van der Waals surface area contributed by atoms with Gasteiger partial charge in [-0.3, -0.25) is 19.3 Å². The third-order valence-corrected chi connectivity index (χ3v) is 6.01. The molecule has 1 aliphatic rings. The molecule has 0 aliphatic carbocycles. The molecule has 2 aromatic carbocycles. The number of halogens is 1. The number of rotatable bonds is 8. The monoisotopic (exact) mass is 474 g/mol. The van der Waals surface area contributed by atoms with E-state index in [1.165, 1.54) is 36.1 Å². The molecule has 3 amide bonds. The summed E-state index contributed by atoms with van der Waals surface area (Å²) in [6.07, 6.45) is 1.79. The number of thioether (sulfide) groups is 1. The standard InChI is InChI=1S/C22H23FN4O3S2/c1-14(28)24-10-11-26-19(13-20(29)25-16-8-6-15(23)7-9-16)21(30)27(22(26)31)17-4-3-5-18(12-17)32-2/h3-9,12,19H,10-11,13H2,1-2H3,(H,24,28)(H,25,29). The summed E-state index contributed by atoms with van der Waals surface area (Å²) < 4.78 is 13.1. The number of benzene rings is 2. The maximum atomic E-state index is 13.3. The van der Waals surface area contributed by atoms with Crippen LogP contribution in [-0.4, -0.2) is 53.1 Å². The average Bonchev–Trinajstić information content (AvgIpc) is 2.99. The minimum atomic E-state index is -0.824. The summed E-state index contributed by atoms with van der Waals surface area (Å²) in [6, 6.07) is 12.0. The van der Waals surface area contributed by atoms with Crippen molar-refractivity contribution in [1.82, 2.24) is 10.2 Å². The molecule has 7 nitrogen and oxygen atoms in total. The summed E-state index contributed by atoms with van der Waals surface area (Å²) in [7, 11) is 0. The molecule has 32 heavy (non-hydrogen) atoms. The Labute approximate surface area is 195 Å². The van der Waals surface area contributed by atoms with Gasteiger partial charge in [-0.05, 0) is 60.9 Å². The fraction of sp³-hybridized carbons (Fsp3) is 0.273. The van der Waals surface area contributed by atoms with Gasteiger partial charge in [-0.15, -0.1) is 11.8 Å². The third-order valence-electron chi connectivity index (χ3n) is 4.86. The number of carbonyl (C=O) groups excluding carboxylic acids is 3. The predicted molar refractivity (Wildman–Crippen MR) is 127 cm³/mol. The van der Waals surface area contributed by atoms with Crippen LogP contribution in [0, 0.1) is 5.82 Å². The van der Waals surface area contributed by atoms with Gasteiger partial charge in [0.2, 0.25) is 11.8 Å². The Kier molecular flexibility index (Phi) is 7.81. The summed E-state index contributed by atoms with van der Waals surface area (Å²) in [5.74, 6) is -1.32. The molecule has 10 heteroatoms. The second kappa shape index (κ2) is 10.6. The molecule has 0 bridgehead atoms. The minimum absolute atomic E-state index is 0.144. The Morgan fingerprint density at radius 2 is 1.91 bits per heavy atom. The lowest BCUT2D eigenvalue weighted by atomic mass is 10.1. The van der Waals surface area contributed by atoms with Crippen molar-refractivity contribution in [2.75, 3.05) is 29.6 Å². The van der Waals surface area contributed by atoms with Crippen LogP contribution in [0.4, 0.5) is 15.8 Å². The first-order valence-corrected chi connectivity index (χ1v) is 11.5. The van der Waals surface area contributed by atoms with Crippen LogP contribution in [-0.2, 0) is 14.4 Å². The number of hydrogen-bond donors (Lipinski definition) is 2. The highest BCUT2D eigenvalue weighted by Gasteiger charge is 2.44. The highest BCUT2D eigenvalue weighted by Crippen LogP contribution is 2.29. The number of anilines is 2. The fourth-order valence-corrected chi connectivity index (χ4v) is 4.21. The van der Waals surface area contributed by atoms with E-state index >= 15 is 0 Å². The van der Waals surface area contributed by atoms with Gasteiger partial charge in [0.1, 0.15) is 11.9 Å². The number of nitrogens with one attached hydrogen (secondary N) is 2. The number of thiocarbonyl (C=S) groups is 1. The number of carbonyl (C=O) groups is 3. The van der Waals surface area contributed by atoms with Crippen molar-refractivity contribution >= 4 is 58.2 Å². The molecule has 0 aromatic heterocycles. The fourth-order valence-electron chi connectivity index (χ4n) is 3.35. The second-order valence-electron chi connectivity index (χ2n) is 7.11.